The molecule has 0 spiro atoms. The summed E-state index contributed by atoms with van der Waals surface area (Å²) in [6, 6.07) is 0. The molecule has 0 aromatic rings. The lowest BCUT2D eigenvalue weighted by Crippen LogP contribution is -2.45. The highest BCUT2D eigenvalue weighted by Crippen LogP contribution is 2.57. The number of carbonyl (C=O) groups is 1. The van der Waals surface area contributed by atoms with Gasteiger partial charge in [0, 0.05) is 6.54 Å². The van der Waals surface area contributed by atoms with Gasteiger partial charge in [-0.2, -0.15) is 0 Å². The molecule has 15 heavy (non-hydrogen) atoms. The lowest BCUT2D eigenvalue weighted by Gasteiger charge is -2.33. The Kier molecular flexibility index (Phi) is 2.51. The maximum absolute atomic E-state index is 11.2. The first kappa shape index (κ1) is 10.9. The quantitative estimate of drug-likeness (QED) is 0.709. The number of aliphatic carboxylic acids is 1. The van der Waals surface area contributed by atoms with Crippen molar-refractivity contribution in [1.82, 2.24) is 4.90 Å². The molecule has 2 fully saturated rings. The van der Waals surface area contributed by atoms with E-state index < -0.39 is 17.0 Å². The van der Waals surface area contributed by atoms with Crippen molar-refractivity contribution < 1.29 is 15.0 Å². The van der Waals surface area contributed by atoms with Crippen LogP contribution in [0.1, 0.15) is 32.1 Å². The van der Waals surface area contributed by atoms with Gasteiger partial charge in [0.2, 0.25) is 0 Å². The minimum Gasteiger partial charge on any atom is -0.481 e. The minimum atomic E-state index is -0.969. The van der Waals surface area contributed by atoms with Gasteiger partial charge in [-0.05, 0) is 45.7 Å². The number of carboxylic acid groups (broad SMARTS) is 1. The fourth-order valence-electron chi connectivity index (χ4n) is 2.74. The molecular weight excluding hydrogens is 194 g/mol. The largest absolute Gasteiger partial charge is 0.481 e. The highest BCUT2D eigenvalue weighted by molar-refractivity contribution is 5.79. The maximum Gasteiger partial charge on any atom is 0.312 e. The molecule has 86 valence electrons. The molecular formula is C11H19NO3. The summed E-state index contributed by atoms with van der Waals surface area (Å²) in [7, 11) is 2.02. The Labute approximate surface area is 89.9 Å². The van der Waals surface area contributed by atoms with E-state index >= 15 is 0 Å². The second-order valence-corrected chi connectivity index (χ2v) is 5.08. The zero-order valence-corrected chi connectivity index (χ0v) is 9.20. The van der Waals surface area contributed by atoms with Crippen LogP contribution in [0.25, 0.3) is 0 Å². The first-order valence-electron chi connectivity index (χ1n) is 5.65. The molecule has 1 saturated carbocycles. The molecule has 1 atom stereocenters. The summed E-state index contributed by atoms with van der Waals surface area (Å²) in [5.41, 5.74) is -1.79. The average Bonchev–Trinajstić information content (AvgIpc) is 2.94. The van der Waals surface area contributed by atoms with Crippen LogP contribution < -0.4 is 0 Å². The van der Waals surface area contributed by atoms with Crippen LogP contribution in [-0.4, -0.2) is 46.8 Å². The first-order valence-corrected chi connectivity index (χ1v) is 5.65. The van der Waals surface area contributed by atoms with Crippen LogP contribution in [0.2, 0.25) is 0 Å². The number of aliphatic hydroxyl groups is 1. The molecule has 1 aliphatic heterocycles. The van der Waals surface area contributed by atoms with Gasteiger partial charge >= 0.3 is 5.97 Å². The highest BCUT2D eigenvalue weighted by Gasteiger charge is 2.63. The molecule has 1 heterocycles. The van der Waals surface area contributed by atoms with Gasteiger partial charge in [0.15, 0.2) is 0 Å². The van der Waals surface area contributed by atoms with Gasteiger partial charge in [0.1, 0.15) is 0 Å². The fraction of sp³-hybridized carbons (Fsp3) is 0.909. The molecule has 2 rings (SSSR count). The molecule has 0 aromatic heterocycles. The lowest BCUT2D eigenvalue weighted by molar-refractivity contribution is -0.157. The monoisotopic (exact) mass is 213 g/mol. The van der Waals surface area contributed by atoms with Gasteiger partial charge in [-0.15, -0.1) is 0 Å². The molecule has 1 saturated heterocycles. The van der Waals surface area contributed by atoms with Gasteiger partial charge in [0.05, 0.1) is 11.0 Å². The number of rotatable bonds is 2. The van der Waals surface area contributed by atoms with Gasteiger partial charge in [-0.1, -0.05) is 0 Å². The van der Waals surface area contributed by atoms with Crippen LogP contribution in [0.15, 0.2) is 0 Å². The third-order valence-electron chi connectivity index (χ3n) is 4.09. The summed E-state index contributed by atoms with van der Waals surface area (Å²) in [5.74, 6) is -0.811. The third-order valence-corrected chi connectivity index (χ3v) is 4.09. The normalized spacial score (nSPS) is 35.9. The third kappa shape index (κ3) is 1.66. The molecule has 2 aliphatic rings. The summed E-state index contributed by atoms with van der Waals surface area (Å²) < 4.78 is 0. The fourth-order valence-corrected chi connectivity index (χ4v) is 2.74. The number of nitrogens with zero attached hydrogens (tertiary/aromatic N) is 1. The van der Waals surface area contributed by atoms with Crippen molar-refractivity contribution in [2.75, 3.05) is 20.1 Å². The van der Waals surface area contributed by atoms with Crippen LogP contribution in [0.4, 0.5) is 0 Å². The summed E-state index contributed by atoms with van der Waals surface area (Å²) in [4.78, 5) is 13.4. The van der Waals surface area contributed by atoms with E-state index in [1.165, 1.54) is 0 Å². The number of carboxylic acids is 1. The van der Waals surface area contributed by atoms with Crippen LogP contribution in [0.5, 0.6) is 0 Å². The van der Waals surface area contributed by atoms with Crippen LogP contribution >= 0.6 is 0 Å². The van der Waals surface area contributed by atoms with E-state index in [0.717, 1.165) is 19.5 Å². The van der Waals surface area contributed by atoms with Crippen molar-refractivity contribution in [2.45, 2.75) is 37.7 Å². The van der Waals surface area contributed by atoms with E-state index in [1.807, 2.05) is 7.05 Å². The molecule has 0 bridgehead atoms. The average molecular weight is 213 g/mol. The van der Waals surface area contributed by atoms with E-state index in [2.05, 4.69) is 4.90 Å². The number of hydrogen-bond donors (Lipinski definition) is 2. The Morgan fingerprint density at radius 2 is 1.87 bits per heavy atom. The van der Waals surface area contributed by atoms with Crippen LogP contribution in [0.3, 0.4) is 0 Å². The van der Waals surface area contributed by atoms with Crippen molar-refractivity contribution >= 4 is 5.97 Å². The second-order valence-electron chi connectivity index (χ2n) is 5.08. The van der Waals surface area contributed by atoms with Crippen LogP contribution in [0, 0.1) is 5.41 Å². The van der Waals surface area contributed by atoms with Crippen LogP contribution in [-0.2, 0) is 4.79 Å². The van der Waals surface area contributed by atoms with Crippen molar-refractivity contribution in [1.29, 1.82) is 0 Å². The van der Waals surface area contributed by atoms with Gasteiger partial charge < -0.3 is 15.1 Å². The Balaban J connectivity index is 2.15. The molecule has 0 amide bonds. The Morgan fingerprint density at radius 1 is 1.20 bits per heavy atom. The topological polar surface area (TPSA) is 60.8 Å². The molecule has 1 unspecified atom stereocenters. The zero-order chi connectivity index (χ0) is 11.1. The van der Waals surface area contributed by atoms with E-state index in [9.17, 15) is 15.0 Å². The van der Waals surface area contributed by atoms with Gasteiger partial charge in [-0.3, -0.25) is 4.79 Å². The van der Waals surface area contributed by atoms with E-state index in [1.54, 1.807) is 0 Å². The first-order chi connectivity index (χ1) is 7.00. The Morgan fingerprint density at radius 3 is 2.40 bits per heavy atom. The summed E-state index contributed by atoms with van der Waals surface area (Å²) in [6.45, 7) is 1.75. The molecule has 2 N–H and O–H groups in total. The standard InChI is InChI=1S/C11H19NO3/c1-12-7-2-3-11(15,6-8-12)10(4-5-10)9(13)14/h15H,2-8H2,1H3,(H,13,14). The van der Waals surface area contributed by atoms with E-state index in [-0.39, 0.29) is 0 Å². The summed E-state index contributed by atoms with van der Waals surface area (Å²) in [5, 5.41) is 19.7. The van der Waals surface area contributed by atoms with Gasteiger partial charge in [-0.25, -0.2) is 0 Å². The minimum absolute atomic E-state index is 0.593. The molecule has 4 heteroatoms. The predicted octanol–water partition coefficient (Wildman–Crippen LogP) is 0.698. The smallest absolute Gasteiger partial charge is 0.312 e. The predicted molar refractivity (Wildman–Crippen MR) is 55.6 cm³/mol. The Hall–Kier alpha value is -0.610. The molecule has 1 aliphatic carbocycles. The zero-order valence-electron chi connectivity index (χ0n) is 9.20. The van der Waals surface area contributed by atoms with Crippen molar-refractivity contribution in [3.63, 3.8) is 0 Å². The van der Waals surface area contributed by atoms with Gasteiger partial charge in [0.25, 0.3) is 0 Å². The summed E-state index contributed by atoms with van der Waals surface area (Å²) in [6.07, 6.45) is 3.40. The molecule has 0 aromatic carbocycles. The summed E-state index contributed by atoms with van der Waals surface area (Å²) >= 11 is 0. The van der Waals surface area contributed by atoms with Crippen molar-refractivity contribution in [3.8, 4) is 0 Å². The van der Waals surface area contributed by atoms with Crippen molar-refractivity contribution in [2.24, 2.45) is 5.41 Å². The highest BCUT2D eigenvalue weighted by atomic mass is 16.4. The second kappa shape index (κ2) is 3.46. The lowest BCUT2D eigenvalue weighted by atomic mass is 9.78. The van der Waals surface area contributed by atoms with E-state index in [0.29, 0.717) is 25.7 Å². The van der Waals surface area contributed by atoms with Crippen molar-refractivity contribution in [3.05, 3.63) is 0 Å². The molecule has 4 nitrogen and oxygen atoms in total. The maximum atomic E-state index is 11.2. The number of likely N-dealkylation sites (tertiary alicyclic amines) is 1. The number of hydrogen-bond acceptors (Lipinski definition) is 3. The molecule has 0 radical (unpaired) electrons. The Bertz CT molecular complexity index is 275. The van der Waals surface area contributed by atoms with E-state index in [4.69, 9.17) is 0 Å². The SMILES string of the molecule is CN1CCCC(O)(C2(C(=O)O)CC2)CC1.